The zero-order valence-corrected chi connectivity index (χ0v) is 13.5. The Kier molecular flexibility index (Phi) is 7.08. The van der Waals surface area contributed by atoms with Crippen LogP contribution in [-0.2, 0) is 30.3 Å². The van der Waals surface area contributed by atoms with Crippen LogP contribution in [0.3, 0.4) is 0 Å². The van der Waals surface area contributed by atoms with Crippen LogP contribution in [0.25, 0.3) is 0 Å². The first-order chi connectivity index (χ1) is 9.99. The minimum absolute atomic E-state index is 0.0399. The summed E-state index contributed by atoms with van der Waals surface area (Å²) in [6, 6.07) is 7.10. The van der Waals surface area contributed by atoms with Gasteiger partial charge >= 0.3 is 11.9 Å². The minimum atomic E-state index is -1.52. The Balaban J connectivity index is 2.89. The summed E-state index contributed by atoms with van der Waals surface area (Å²) in [5.74, 6) is -3.79. The largest absolute Gasteiger partial charge is 0.465 e. The average Bonchev–Trinajstić information content (AvgIpc) is 2.39. The van der Waals surface area contributed by atoms with Gasteiger partial charge in [-0.15, -0.1) is 0 Å². The first-order valence-electron chi connectivity index (χ1n) is 6.60. The van der Waals surface area contributed by atoms with E-state index in [1.165, 1.54) is 0 Å². The van der Waals surface area contributed by atoms with Crippen LogP contribution < -0.4 is 0 Å². The number of carbonyl (C=O) groups is 3. The Bertz CT molecular complexity index is 509. The molecule has 0 aromatic heterocycles. The average molecular weight is 357 g/mol. The second-order valence-electron chi connectivity index (χ2n) is 4.21. The number of halogens is 1. The molecule has 6 heteroatoms. The van der Waals surface area contributed by atoms with Crippen LogP contribution in [-0.4, -0.2) is 30.9 Å². The van der Waals surface area contributed by atoms with E-state index in [-0.39, 0.29) is 19.6 Å². The smallest absolute Gasteiger partial charge is 0.328 e. The third-order valence-corrected chi connectivity index (χ3v) is 3.13. The van der Waals surface area contributed by atoms with Crippen molar-refractivity contribution in [3.05, 3.63) is 34.3 Å². The molecule has 0 fully saturated rings. The highest BCUT2D eigenvalue weighted by Crippen LogP contribution is 2.15. The quantitative estimate of drug-likeness (QED) is 0.553. The second kappa shape index (κ2) is 8.56. The molecule has 1 rings (SSSR count). The lowest BCUT2D eigenvalue weighted by Gasteiger charge is -2.13. The van der Waals surface area contributed by atoms with Crippen molar-refractivity contribution in [2.75, 3.05) is 13.2 Å². The molecular formula is C15H17BrO5. The summed E-state index contributed by atoms with van der Waals surface area (Å²) in [6.45, 7) is 3.41. The molecule has 0 aliphatic heterocycles. The summed E-state index contributed by atoms with van der Waals surface area (Å²) >= 11 is 3.30. The van der Waals surface area contributed by atoms with E-state index in [4.69, 9.17) is 9.47 Å². The number of hydrogen-bond donors (Lipinski definition) is 0. The van der Waals surface area contributed by atoms with E-state index in [0.717, 1.165) is 4.47 Å². The first-order valence-corrected chi connectivity index (χ1v) is 7.39. The molecule has 0 spiro atoms. The third-order valence-electron chi connectivity index (χ3n) is 2.63. The monoisotopic (exact) mass is 356 g/mol. The van der Waals surface area contributed by atoms with E-state index < -0.39 is 23.6 Å². The van der Waals surface area contributed by atoms with Crippen LogP contribution in [0.2, 0.25) is 0 Å². The van der Waals surface area contributed by atoms with Crippen LogP contribution in [0, 0.1) is 5.92 Å². The van der Waals surface area contributed by atoms with Gasteiger partial charge in [-0.25, -0.2) is 0 Å². The van der Waals surface area contributed by atoms with Gasteiger partial charge < -0.3 is 9.47 Å². The standard InChI is InChI=1S/C15H17BrO5/c1-3-20-14(18)13(15(19)21-4-2)12(17)9-10-6-5-7-11(16)8-10/h5-8,13H,3-4,9H2,1-2H3. The summed E-state index contributed by atoms with van der Waals surface area (Å²) in [5, 5.41) is 0. The predicted octanol–water partition coefficient (Wildman–Crippen LogP) is 2.30. The molecule has 1 aromatic rings. The van der Waals surface area contributed by atoms with Crippen molar-refractivity contribution in [3.63, 3.8) is 0 Å². The SMILES string of the molecule is CCOC(=O)C(C(=O)Cc1cccc(Br)c1)C(=O)OCC. The summed E-state index contributed by atoms with van der Waals surface area (Å²) in [4.78, 5) is 35.8. The lowest BCUT2D eigenvalue weighted by molar-refractivity contribution is -0.163. The normalized spacial score (nSPS) is 10.3. The van der Waals surface area contributed by atoms with Gasteiger partial charge in [-0.2, -0.15) is 0 Å². The van der Waals surface area contributed by atoms with Gasteiger partial charge in [-0.1, -0.05) is 28.1 Å². The third kappa shape index (κ3) is 5.30. The molecular weight excluding hydrogens is 340 g/mol. The Morgan fingerprint density at radius 3 is 2.14 bits per heavy atom. The number of esters is 2. The fraction of sp³-hybridized carbons (Fsp3) is 0.400. The van der Waals surface area contributed by atoms with Gasteiger partial charge in [0.25, 0.3) is 0 Å². The first kappa shape index (κ1) is 17.4. The van der Waals surface area contributed by atoms with Crippen molar-refractivity contribution < 1.29 is 23.9 Å². The van der Waals surface area contributed by atoms with Gasteiger partial charge in [0.15, 0.2) is 5.78 Å². The Hall–Kier alpha value is -1.69. The number of carbonyl (C=O) groups excluding carboxylic acids is 3. The van der Waals surface area contributed by atoms with Gasteiger partial charge in [0.2, 0.25) is 5.92 Å². The molecule has 0 aliphatic carbocycles. The summed E-state index contributed by atoms with van der Waals surface area (Å²) in [7, 11) is 0. The second-order valence-corrected chi connectivity index (χ2v) is 5.13. The highest BCUT2D eigenvalue weighted by molar-refractivity contribution is 9.10. The summed E-state index contributed by atoms with van der Waals surface area (Å²) < 4.78 is 10.4. The maximum Gasteiger partial charge on any atom is 0.328 e. The van der Waals surface area contributed by atoms with Crippen LogP contribution in [0.5, 0.6) is 0 Å². The van der Waals surface area contributed by atoms with Gasteiger partial charge in [-0.3, -0.25) is 14.4 Å². The number of hydrogen-bond acceptors (Lipinski definition) is 5. The highest BCUT2D eigenvalue weighted by Gasteiger charge is 2.36. The molecule has 5 nitrogen and oxygen atoms in total. The molecule has 0 saturated carbocycles. The lowest BCUT2D eigenvalue weighted by Crippen LogP contribution is -2.35. The fourth-order valence-electron chi connectivity index (χ4n) is 1.76. The van der Waals surface area contributed by atoms with Gasteiger partial charge in [0.1, 0.15) is 0 Å². The number of ketones is 1. The van der Waals surface area contributed by atoms with Gasteiger partial charge in [-0.05, 0) is 31.5 Å². The van der Waals surface area contributed by atoms with E-state index >= 15 is 0 Å². The summed E-state index contributed by atoms with van der Waals surface area (Å²) in [5.41, 5.74) is 0.702. The van der Waals surface area contributed by atoms with Crippen LogP contribution in [0.1, 0.15) is 19.4 Å². The molecule has 0 unspecified atom stereocenters. The predicted molar refractivity (Wildman–Crippen MR) is 79.6 cm³/mol. The number of rotatable bonds is 7. The lowest BCUT2D eigenvalue weighted by atomic mass is 9.98. The Labute approximate surface area is 131 Å². The van der Waals surface area contributed by atoms with Crippen LogP contribution in [0.4, 0.5) is 0 Å². The van der Waals surface area contributed by atoms with Crippen molar-refractivity contribution in [1.29, 1.82) is 0 Å². The van der Waals surface area contributed by atoms with Crippen LogP contribution in [0.15, 0.2) is 28.7 Å². The minimum Gasteiger partial charge on any atom is -0.465 e. The van der Waals surface area contributed by atoms with Crippen molar-refractivity contribution >= 4 is 33.7 Å². The molecule has 0 radical (unpaired) electrons. The van der Waals surface area contributed by atoms with E-state index in [1.807, 2.05) is 6.07 Å². The molecule has 0 saturated heterocycles. The molecule has 0 atom stereocenters. The fourth-order valence-corrected chi connectivity index (χ4v) is 2.21. The van der Waals surface area contributed by atoms with Crippen molar-refractivity contribution in [1.82, 2.24) is 0 Å². The molecule has 0 N–H and O–H groups in total. The Morgan fingerprint density at radius 2 is 1.67 bits per heavy atom. The highest BCUT2D eigenvalue weighted by atomic mass is 79.9. The number of ether oxygens (including phenoxy) is 2. The van der Waals surface area contributed by atoms with Crippen molar-refractivity contribution in [3.8, 4) is 0 Å². The molecule has 1 aromatic carbocycles. The van der Waals surface area contributed by atoms with Crippen molar-refractivity contribution in [2.24, 2.45) is 5.92 Å². The topological polar surface area (TPSA) is 69.7 Å². The van der Waals surface area contributed by atoms with Gasteiger partial charge in [0.05, 0.1) is 13.2 Å². The zero-order chi connectivity index (χ0) is 15.8. The number of benzene rings is 1. The van der Waals surface area contributed by atoms with E-state index in [2.05, 4.69) is 15.9 Å². The molecule has 0 amide bonds. The maximum absolute atomic E-state index is 12.2. The van der Waals surface area contributed by atoms with Crippen LogP contribution >= 0.6 is 15.9 Å². The van der Waals surface area contributed by atoms with E-state index in [0.29, 0.717) is 5.56 Å². The van der Waals surface area contributed by atoms with Crippen molar-refractivity contribution in [2.45, 2.75) is 20.3 Å². The number of Topliss-reactive ketones (excluding diaryl/α,β-unsaturated/α-hetero) is 1. The molecule has 21 heavy (non-hydrogen) atoms. The Morgan fingerprint density at radius 1 is 1.10 bits per heavy atom. The summed E-state index contributed by atoms with van der Waals surface area (Å²) in [6.07, 6.45) is -0.0399. The maximum atomic E-state index is 12.2. The van der Waals surface area contributed by atoms with E-state index in [9.17, 15) is 14.4 Å². The molecule has 0 heterocycles. The molecule has 0 bridgehead atoms. The van der Waals surface area contributed by atoms with Gasteiger partial charge in [0, 0.05) is 10.9 Å². The molecule has 0 aliphatic rings. The zero-order valence-electron chi connectivity index (χ0n) is 11.9. The van der Waals surface area contributed by atoms with E-state index in [1.54, 1.807) is 32.0 Å². The molecule has 114 valence electrons.